The van der Waals surface area contributed by atoms with Gasteiger partial charge in [0.05, 0.1) is 10.5 Å². The highest BCUT2D eigenvalue weighted by Gasteiger charge is 2.18. The molecule has 3 aromatic rings. The number of aromatic carboxylic acids is 1. The highest BCUT2D eigenvalue weighted by Crippen LogP contribution is 2.29. The average Bonchev–Trinajstić information content (AvgIpc) is 3.09. The van der Waals surface area contributed by atoms with E-state index in [1.165, 1.54) is 30.5 Å². The fraction of sp³-hybridized carbons (Fsp3) is 0.158. The van der Waals surface area contributed by atoms with Crippen molar-refractivity contribution in [1.82, 2.24) is 9.55 Å². The number of anilines is 2. The number of carboxylic acid groups (broad SMARTS) is 1. The summed E-state index contributed by atoms with van der Waals surface area (Å²) in [6, 6.07) is 7.19. The number of pyridine rings is 1. The number of halogens is 2. The standard InChI is InChI=1S/C19H17BrFN5O4/c20-11-2-3-12(15(21)8-11)13-9-25(10-14(13)19(27)28)7-1-6-23-17-5-4-16(26(29)30)18(22)24-17/h2-5,8-10H,1,6-7H2,(H,27,28)(H3,22,23,24). The summed E-state index contributed by atoms with van der Waals surface area (Å²) in [7, 11) is 0. The number of nitro groups is 1. The van der Waals surface area contributed by atoms with Crippen LogP contribution in [-0.4, -0.2) is 32.1 Å². The SMILES string of the molecule is Nc1nc(NCCCn2cc(C(=O)O)c(-c3ccc(Br)cc3F)c2)ccc1[N+](=O)[O-]. The second kappa shape index (κ2) is 8.91. The molecule has 0 saturated heterocycles. The first-order chi connectivity index (χ1) is 14.3. The Morgan fingerprint density at radius 2 is 2.07 bits per heavy atom. The smallest absolute Gasteiger partial charge is 0.337 e. The van der Waals surface area contributed by atoms with Crippen molar-refractivity contribution in [2.45, 2.75) is 13.0 Å². The fourth-order valence-electron chi connectivity index (χ4n) is 2.93. The molecule has 11 heteroatoms. The first-order valence-electron chi connectivity index (χ1n) is 8.79. The minimum absolute atomic E-state index is 0.00832. The van der Waals surface area contributed by atoms with Gasteiger partial charge in [-0.25, -0.2) is 14.2 Å². The second-order valence-corrected chi connectivity index (χ2v) is 7.31. The summed E-state index contributed by atoms with van der Waals surface area (Å²) in [6.45, 7) is 0.931. The predicted octanol–water partition coefficient (Wildman–Crippen LogP) is 4.14. The van der Waals surface area contributed by atoms with Gasteiger partial charge in [-0.1, -0.05) is 22.0 Å². The van der Waals surface area contributed by atoms with Crippen LogP contribution in [0.1, 0.15) is 16.8 Å². The van der Waals surface area contributed by atoms with Crippen molar-refractivity contribution < 1.29 is 19.2 Å². The first kappa shape index (κ1) is 21.2. The van der Waals surface area contributed by atoms with Gasteiger partial charge in [0, 0.05) is 47.1 Å². The molecule has 4 N–H and O–H groups in total. The lowest BCUT2D eigenvalue weighted by atomic mass is 10.0. The van der Waals surface area contributed by atoms with E-state index in [1.54, 1.807) is 16.8 Å². The van der Waals surface area contributed by atoms with Gasteiger partial charge in [0.25, 0.3) is 0 Å². The highest BCUT2D eigenvalue weighted by atomic mass is 79.9. The molecule has 0 atom stereocenters. The largest absolute Gasteiger partial charge is 0.478 e. The molecule has 3 rings (SSSR count). The second-order valence-electron chi connectivity index (χ2n) is 6.39. The van der Waals surface area contributed by atoms with Crippen LogP contribution in [0.3, 0.4) is 0 Å². The van der Waals surface area contributed by atoms with Gasteiger partial charge in [-0.2, -0.15) is 0 Å². The Morgan fingerprint density at radius 1 is 1.30 bits per heavy atom. The number of nitrogens with one attached hydrogen (secondary N) is 1. The number of aryl methyl sites for hydroxylation is 1. The zero-order valence-corrected chi connectivity index (χ0v) is 17.1. The van der Waals surface area contributed by atoms with Gasteiger partial charge < -0.3 is 20.7 Å². The Hall–Kier alpha value is -3.47. The summed E-state index contributed by atoms with van der Waals surface area (Å²) in [5, 5.41) is 23.2. The summed E-state index contributed by atoms with van der Waals surface area (Å²) in [5.41, 5.74) is 5.81. The van der Waals surface area contributed by atoms with E-state index in [0.717, 1.165) is 0 Å². The third-order valence-corrected chi connectivity index (χ3v) is 4.82. The summed E-state index contributed by atoms with van der Waals surface area (Å²) < 4.78 is 16.5. The minimum Gasteiger partial charge on any atom is -0.478 e. The first-order valence-corrected chi connectivity index (χ1v) is 9.59. The van der Waals surface area contributed by atoms with Crippen molar-refractivity contribution in [3.8, 4) is 11.1 Å². The molecule has 0 aliphatic carbocycles. The number of carbonyl (C=O) groups is 1. The number of carboxylic acids is 1. The van der Waals surface area contributed by atoms with Crippen LogP contribution in [0.25, 0.3) is 11.1 Å². The van der Waals surface area contributed by atoms with E-state index in [9.17, 15) is 24.4 Å². The van der Waals surface area contributed by atoms with E-state index in [1.807, 2.05) is 0 Å². The maximum atomic E-state index is 14.3. The van der Waals surface area contributed by atoms with Crippen molar-refractivity contribution in [1.29, 1.82) is 0 Å². The van der Waals surface area contributed by atoms with Crippen LogP contribution in [0, 0.1) is 15.9 Å². The maximum absolute atomic E-state index is 14.3. The number of rotatable bonds is 8. The third kappa shape index (κ3) is 4.74. The van der Waals surface area contributed by atoms with E-state index >= 15 is 0 Å². The fourth-order valence-corrected chi connectivity index (χ4v) is 3.26. The van der Waals surface area contributed by atoms with Gasteiger partial charge in [0.2, 0.25) is 5.82 Å². The molecular formula is C19H17BrFN5O4. The van der Waals surface area contributed by atoms with Gasteiger partial charge in [0.1, 0.15) is 11.6 Å². The zero-order valence-electron chi connectivity index (χ0n) is 15.5. The molecule has 0 fully saturated rings. The summed E-state index contributed by atoms with van der Waals surface area (Å²) >= 11 is 3.18. The normalized spacial score (nSPS) is 10.7. The predicted molar refractivity (Wildman–Crippen MR) is 113 cm³/mol. The molecule has 0 aliphatic heterocycles. The van der Waals surface area contributed by atoms with Crippen LogP contribution in [0.5, 0.6) is 0 Å². The Morgan fingerprint density at radius 3 is 2.70 bits per heavy atom. The van der Waals surface area contributed by atoms with Gasteiger partial charge >= 0.3 is 11.7 Å². The lowest BCUT2D eigenvalue weighted by Crippen LogP contribution is -2.08. The number of aromatic nitrogens is 2. The van der Waals surface area contributed by atoms with Crippen molar-refractivity contribution in [2.24, 2.45) is 0 Å². The van der Waals surface area contributed by atoms with E-state index < -0.39 is 16.7 Å². The Bertz CT molecular complexity index is 1120. The number of benzene rings is 1. The Balaban J connectivity index is 1.67. The number of hydrogen-bond acceptors (Lipinski definition) is 6. The molecule has 0 saturated carbocycles. The molecule has 0 radical (unpaired) electrons. The molecule has 2 aromatic heterocycles. The van der Waals surface area contributed by atoms with Gasteiger partial charge in [0.15, 0.2) is 0 Å². The number of nitrogens with two attached hydrogens (primary N) is 1. The topological polar surface area (TPSA) is 136 Å². The van der Waals surface area contributed by atoms with Crippen LogP contribution in [0.15, 0.2) is 47.2 Å². The maximum Gasteiger partial charge on any atom is 0.337 e. The highest BCUT2D eigenvalue weighted by molar-refractivity contribution is 9.10. The summed E-state index contributed by atoms with van der Waals surface area (Å²) in [4.78, 5) is 25.7. The third-order valence-electron chi connectivity index (χ3n) is 4.33. The van der Waals surface area contributed by atoms with Crippen molar-refractivity contribution in [3.05, 3.63) is 68.7 Å². The molecule has 0 amide bonds. The molecule has 0 aliphatic rings. The van der Waals surface area contributed by atoms with Crippen molar-refractivity contribution in [3.63, 3.8) is 0 Å². The van der Waals surface area contributed by atoms with Crippen LogP contribution >= 0.6 is 15.9 Å². The molecule has 1 aromatic carbocycles. The average molecular weight is 478 g/mol. The monoisotopic (exact) mass is 477 g/mol. The van der Waals surface area contributed by atoms with Crippen LogP contribution in [-0.2, 0) is 6.54 Å². The summed E-state index contributed by atoms with van der Waals surface area (Å²) in [5.74, 6) is -1.44. The number of nitrogens with zero attached hydrogens (tertiary/aromatic N) is 3. The molecule has 0 spiro atoms. The lowest BCUT2D eigenvalue weighted by Gasteiger charge is -2.07. The van der Waals surface area contributed by atoms with Gasteiger partial charge in [-0.15, -0.1) is 0 Å². The van der Waals surface area contributed by atoms with Crippen LogP contribution < -0.4 is 11.1 Å². The molecule has 0 unspecified atom stereocenters. The van der Waals surface area contributed by atoms with Gasteiger partial charge in [-0.05, 0) is 24.6 Å². The lowest BCUT2D eigenvalue weighted by molar-refractivity contribution is -0.384. The molecule has 156 valence electrons. The van der Waals surface area contributed by atoms with E-state index in [2.05, 4.69) is 26.2 Å². The Labute approximate surface area is 178 Å². The molecule has 0 bridgehead atoms. The quantitative estimate of drug-likeness (QED) is 0.251. The molecule has 2 heterocycles. The molecular weight excluding hydrogens is 461 g/mol. The van der Waals surface area contributed by atoms with Crippen molar-refractivity contribution in [2.75, 3.05) is 17.6 Å². The van der Waals surface area contributed by atoms with Gasteiger partial charge in [-0.3, -0.25) is 10.1 Å². The van der Waals surface area contributed by atoms with Crippen LogP contribution in [0.2, 0.25) is 0 Å². The van der Waals surface area contributed by atoms with Crippen LogP contribution in [0.4, 0.5) is 21.7 Å². The number of hydrogen-bond donors (Lipinski definition) is 3. The summed E-state index contributed by atoms with van der Waals surface area (Å²) in [6.07, 6.45) is 3.65. The van der Waals surface area contributed by atoms with E-state index in [0.29, 0.717) is 35.4 Å². The Kier molecular flexibility index (Phi) is 6.31. The molecule has 30 heavy (non-hydrogen) atoms. The number of nitrogen functional groups attached to an aromatic ring is 1. The minimum atomic E-state index is -1.14. The van der Waals surface area contributed by atoms with E-state index in [4.69, 9.17) is 5.73 Å². The van der Waals surface area contributed by atoms with Crippen molar-refractivity contribution >= 4 is 39.2 Å². The van der Waals surface area contributed by atoms with E-state index in [-0.39, 0.29) is 22.6 Å². The zero-order chi connectivity index (χ0) is 21.8. The molecule has 9 nitrogen and oxygen atoms in total.